The SMILES string of the molecule is CC(C)CCC[C@@H](C)[C@H]1CCC2C3CC=C4CC(OC(=O)N[C@H]5CC(C(=O)NCCc6cnc[nH]6)N(C(=O)OC(C)(C)C)C5)CC[C@]4(C)C3CC[C@@]21C. The number of aromatic nitrogens is 2. The van der Waals surface area contributed by atoms with Gasteiger partial charge in [-0.15, -0.1) is 0 Å². The van der Waals surface area contributed by atoms with E-state index in [1.165, 1.54) is 55.4 Å². The number of carbonyl (C=O) groups is 3. The number of nitrogens with zero attached hydrogens (tertiary/aromatic N) is 2. The molecule has 5 unspecified atom stereocenters. The van der Waals surface area contributed by atoms with Gasteiger partial charge in [0.1, 0.15) is 17.7 Å². The van der Waals surface area contributed by atoms with E-state index in [1.807, 2.05) is 0 Å². The van der Waals surface area contributed by atoms with Crippen LogP contribution in [0, 0.1) is 46.3 Å². The highest BCUT2D eigenvalue weighted by molar-refractivity contribution is 5.86. The first kappa shape index (κ1) is 39.6. The summed E-state index contributed by atoms with van der Waals surface area (Å²) in [5.74, 6) is 4.50. The van der Waals surface area contributed by atoms with Gasteiger partial charge >= 0.3 is 12.2 Å². The summed E-state index contributed by atoms with van der Waals surface area (Å²) < 4.78 is 11.7. The number of hydrogen-bond donors (Lipinski definition) is 3. The smallest absolute Gasteiger partial charge is 0.411 e. The summed E-state index contributed by atoms with van der Waals surface area (Å²) in [5, 5.41) is 5.95. The van der Waals surface area contributed by atoms with Gasteiger partial charge in [0, 0.05) is 37.8 Å². The number of amides is 3. The van der Waals surface area contributed by atoms with E-state index in [9.17, 15) is 14.4 Å². The van der Waals surface area contributed by atoms with Gasteiger partial charge in [-0.2, -0.15) is 0 Å². The molecule has 0 spiro atoms. The molecule has 0 aromatic carbocycles. The topological polar surface area (TPSA) is 126 Å². The van der Waals surface area contributed by atoms with Gasteiger partial charge < -0.3 is 25.1 Å². The first-order valence-corrected chi connectivity index (χ1v) is 21.0. The van der Waals surface area contributed by atoms with Crippen LogP contribution in [-0.2, 0) is 20.7 Å². The Hall–Kier alpha value is -3.04. The average Bonchev–Trinajstić information content (AvgIpc) is 3.83. The van der Waals surface area contributed by atoms with Crippen molar-refractivity contribution in [2.45, 2.75) is 163 Å². The second kappa shape index (κ2) is 16.0. The molecule has 10 nitrogen and oxygen atoms in total. The van der Waals surface area contributed by atoms with Gasteiger partial charge in [-0.3, -0.25) is 9.69 Å². The van der Waals surface area contributed by atoms with E-state index in [1.54, 1.807) is 33.3 Å². The highest BCUT2D eigenvalue weighted by atomic mass is 16.6. The van der Waals surface area contributed by atoms with Crippen LogP contribution in [0.4, 0.5) is 9.59 Å². The summed E-state index contributed by atoms with van der Waals surface area (Å²) in [4.78, 5) is 48.4. The van der Waals surface area contributed by atoms with Gasteiger partial charge in [0.05, 0.1) is 12.4 Å². The first-order chi connectivity index (χ1) is 25.1. The lowest BCUT2D eigenvalue weighted by Gasteiger charge is -2.58. The number of nitrogens with one attached hydrogen (secondary N) is 3. The maximum atomic E-state index is 13.4. The molecule has 4 aliphatic carbocycles. The Balaban J connectivity index is 1.03. The van der Waals surface area contributed by atoms with E-state index in [0.29, 0.717) is 30.7 Å². The molecule has 3 saturated carbocycles. The Morgan fingerprint density at radius 1 is 1.06 bits per heavy atom. The molecule has 2 heterocycles. The zero-order valence-electron chi connectivity index (χ0n) is 34.0. The highest BCUT2D eigenvalue weighted by Crippen LogP contribution is 2.67. The third-order valence-corrected chi connectivity index (χ3v) is 14.3. The number of H-pyrrole nitrogens is 1. The minimum absolute atomic E-state index is 0.174. The lowest BCUT2D eigenvalue weighted by molar-refractivity contribution is -0.125. The number of fused-ring (bicyclic) bond motifs is 5. The summed E-state index contributed by atoms with van der Waals surface area (Å²) in [6.45, 7) is 18.4. The predicted molar refractivity (Wildman–Crippen MR) is 207 cm³/mol. The summed E-state index contributed by atoms with van der Waals surface area (Å²) in [7, 11) is 0. The van der Waals surface area contributed by atoms with Crippen LogP contribution in [0.2, 0.25) is 0 Å². The van der Waals surface area contributed by atoms with E-state index < -0.39 is 29.9 Å². The summed E-state index contributed by atoms with van der Waals surface area (Å²) in [6, 6.07) is -1.18. The molecule has 5 aliphatic rings. The number of carbonyl (C=O) groups excluding carboxylic acids is 3. The molecule has 3 amide bonds. The van der Waals surface area contributed by atoms with Crippen LogP contribution in [0.1, 0.15) is 138 Å². The Morgan fingerprint density at radius 3 is 2.57 bits per heavy atom. The number of allylic oxidation sites excluding steroid dienone is 1. The normalized spacial score (nSPS) is 34.4. The Bertz CT molecular complexity index is 1470. The fraction of sp³-hybridized carbons (Fsp3) is 0.814. The summed E-state index contributed by atoms with van der Waals surface area (Å²) >= 11 is 0. The van der Waals surface area contributed by atoms with E-state index in [4.69, 9.17) is 9.47 Å². The van der Waals surface area contributed by atoms with Gasteiger partial charge in [-0.25, -0.2) is 14.6 Å². The van der Waals surface area contributed by atoms with Crippen molar-refractivity contribution in [1.82, 2.24) is 25.5 Å². The summed E-state index contributed by atoms with van der Waals surface area (Å²) in [5.41, 5.74) is 2.34. The van der Waals surface area contributed by atoms with Crippen LogP contribution in [0.5, 0.6) is 0 Å². The maximum absolute atomic E-state index is 13.4. The predicted octanol–water partition coefficient (Wildman–Crippen LogP) is 8.58. The van der Waals surface area contributed by atoms with Crippen molar-refractivity contribution >= 4 is 18.1 Å². The number of rotatable bonds is 11. The van der Waals surface area contributed by atoms with Crippen molar-refractivity contribution in [3.63, 3.8) is 0 Å². The third kappa shape index (κ3) is 8.77. The van der Waals surface area contributed by atoms with Crippen molar-refractivity contribution in [3.05, 3.63) is 29.9 Å². The molecule has 3 N–H and O–H groups in total. The molecule has 1 aliphatic heterocycles. The highest BCUT2D eigenvalue weighted by Gasteiger charge is 2.59. The molecule has 4 fully saturated rings. The van der Waals surface area contributed by atoms with Gasteiger partial charge in [0.15, 0.2) is 0 Å². The largest absolute Gasteiger partial charge is 0.446 e. The van der Waals surface area contributed by atoms with Gasteiger partial charge in [-0.1, -0.05) is 65.5 Å². The van der Waals surface area contributed by atoms with Gasteiger partial charge in [0.25, 0.3) is 0 Å². The Morgan fingerprint density at radius 2 is 1.85 bits per heavy atom. The molecular formula is C43H69N5O5. The lowest BCUT2D eigenvalue weighted by atomic mass is 9.47. The number of ether oxygens (including phenoxy) is 2. The second-order valence-corrected chi connectivity index (χ2v) is 19.4. The van der Waals surface area contributed by atoms with Crippen molar-refractivity contribution in [2.24, 2.45) is 46.3 Å². The van der Waals surface area contributed by atoms with Crippen molar-refractivity contribution in [2.75, 3.05) is 13.1 Å². The lowest BCUT2D eigenvalue weighted by Crippen LogP contribution is -2.51. The molecular weight excluding hydrogens is 667 g/mol. The van der Waals surface area contributed by atoms with Crippen LogP contribution in [0.3, 0.4) is 0 Å². The molecule has 53 heavy (non-hydrogen) atoms. The molecule has 0 bridgehead atoms. The van der Waals surface area contributed by atoms with E-state index in [2.05, 4.69) is 61.3 Å². The van der Waals surface area contributed by atoms with Crippen LogP contribution < -0.4 is 10.6 Å². The average molecular weight is 736 g/mol. The minimum atomic E-state index is -0.756. The molecule has 296 valence electrons. The number of imidazole rings is 1. The summed E-state index contributed by atoms with van der Waals surface area (Å²) in [6.07, 6.45) is 19.0. The van der Waals surface area contributed by atoms with Crippen LogP contribution in [-0.4, -0.2) is 69.8 Å². The van der Waals surface area contributed by atoms with Crippen molar-refractivity contribution < 1.29 is 23.9 Å². The standard InChI is InChI=1S/C43H69N5O5/c1-27(2)10-9-11-28(3)34-14-15-35-33-13-12-29-22-32(16-19-42(29,7)36(33)17-20-43(34,35)8)52-39(50)47-31-23-37(48(25-31)40(51)53-41(4,5)6)38(49)45-21-18-30-24-44-26-46-30/h12,24,26-28,31-37H,9-11,13-23,25H2,1-8H3,(H,44,46)(H,45,49)(H,47,50)/t28-,31+,32?,33?,34-,35?,36?,37?,42+,43-/m1/s1. The maximum Gasteiger partial charge on any atom is 0.411 e. The molecule has 10 heteroatoms. The fourth-order valence-electron chi connectivity index (χ4n) is 11.7. The number of alkyl carbamates (subject to hydrolysis) is 1. The molecule has 1 saturated heterocycles. The molecule has 6 rings (SSSR count). The third-order valence-electron chi connectivity index (χ3n) is 14.3. The Kier molecular flexibility index (Phi) is 12.0. The fourth-order valence-corrected chi connectivity index (χ4v) is 11.7. The van der Waals surface area contributed by atoms with Crippen LogP contribution in [0.25, 0.3) is 0 Å². The minimum Gasteiger partial charge on any atom is -0.446 e. The van der Waals surface area contributed by atoms with Crippen molar-refractivity contribution in [3.8, 4) is 0 Å². The number of likely N-dealkylation sites (tertiary alicyclic amines) is 1. The molecule has 0 radical (unpaired) electrons. The van der Waals surface area contributed by atoms with Crippen LogP contribution >= 0.6 is 0 Å². The van der Waals surface area contributed by atoms with E-state index in [0.717, 1.165) is 61.0 Å². The van der Waals surface area contributed by atoms with Crippen LogP contribution in [0.15, 0.2) is 24.2 Å². The van der Waals surface area contributed by atoms with Crippen molar-refractivity contribution in [1.29, 1.82) is 0 Å². The van der Waals surface area contributed by atoms with E-state index >= 15 is 0 Å². The van der Waals surface area contributed by atoms with Gasteiger partial charge in [0.2, 0.25) is 5.91 Å². The monoisotopic (exact) mass is 736 g/mol. The molecule has 10 atom stereocenters. The Labute approximate surface area is 318 Å². The first-order valence-electron chi connectivity index (χ1n) is 21.0. The number of hydrogen-bond acceptors (Lipinski definition) is 6. The second-order valence-electron chi connectivity index (χ2n) is 19.4. The molecule has 1 aromatic heterocycles. The zero-order chi connectivity index (χ0) is 38.1. The number of aromatic amines is 1. The quantitative estimate of drug-likeness (QED) is 0.196. The zero-order valence-corrected chi connectivity index (χ0v) is 34.0. The van der Waals surface area contributed by atoms with E-state index in [-0.39, 0.29) is 24.0 Å². The van der Waals surface area contributed by atoms with Gasteiger partial charge in [-0.05, 0) is 118 Å². The molecule has 1 aromatic rings.